The largest absolute Gasteiger partial charge is 0.389 e. The summed E-state index contributed by atoms with van der Waals surface area (Å²) in [5.74, 6) is -0.436. The Kier molecular flexibility index (Phi) is 10.9. The lowest BCUT2D eigenvalue weighted by molar-refractivity contribution is 0.000964. The van der Waals surface area contributed by atoms with Gasteiger partial charge in [0, 0.05) is 67.3 Å². The van der Waals surface area contributed by atoms with Crippen molar-refractivity contribution in [3.8, 4) is 0 Å². The quantitative estimate of drug-likeness (QED) is 0.384. The van der Waals surface area contributed by atoms with Gasteiger partial charge in [0.1, 0.15) is 0 Å². The second kappa shape index (κ2) is 13.7. The molecule has 2 aliphatic rings. The molecule has 2 amide bonds. The molecule has 1 unspecified atom stereocenters. The van der Waals surface area contributed by atoms with Crippen LogP contribution in [0.4, 0.5) is 0 Å². The average molecular weight is 581 g/mol. The van der Waals surface area contributed by atoms with Crippen LogP contribution in [0.2, 0.25) is 5.02 Å². The first-order valence-electron chi connectivity index (χ1n) is 12.3. The van der Waals surface area contributed by atoms with Crippen molar-refractivity contribution in [3.63, 3.8) is 0 Å². The third-order valence-corrected chi connectivity index (χ3v) is 7.17. The van der Waals surface area contributed by atoms with Crippen molar-refractivity contribution in [1.82, 2.24) is 14.7 Å². The van der Waals surface area contributed by atoms with Gasteiger partial charge < -0.3 is 9.84 Å². The van der Waals surface area contributed by atoms with Crippen molar-refractivity contribution >= 4 is 59.0 Å². The molecule has 0 radical (unpaired) electrons. The number of hydrogen-bond acceptors (Lipinski definition) is 6. The molecule has 1 atom stereocenters. The van der Waals surface area contributed by atoms with E-state index in [1.165, 1.54) is 4.90 Å². The van der Waals surface area contributed by atoms with Crippen LogP contribution in [0, 0.1) is 0 Å². The molecular formula is C28H32Cl3N3O4. The molecule has 0 bridgehead atoms. The summed E-state index contributed by atoms with van der Waals surface area (Å²) in [5, 5.41) is 12.7. The molecule has 0 spiro atoms. The van der Waals surface area contributed by atoms with Crippen LogP contribution >= 0.6 is 36.4 Å². The van der Waals surface area contributed by atoms with Crippen molar-refractivity contribution in [2.75, 3.05) is 52.4 Å². The molecule has 0 aromatic heterocycles. The molecular weight excluding hydrogens is 549 g/mol. The normalized spacial score (nSPS) is 16.7. The monoisotopic (exact) mass is 579 g/mol. The van der Waals surface area contributed by atoms with E-state index in [0.29, 0.717) is 42.4 Å². The summed E-state index contributed by atoms with van der Waals surface area (Å²) in [6, 6.07) is 18.7. The van der Waals surface area contributed by atoms with E-state index in [0.717, 1.165) is 42.5 Å². The van der Waals surface area contributed by atoms with Gasteiger partial charge in [-0.15, -0.1) is 24.8 Å². The number of nitrogens with zero attached hydrogens (tertiary/aromatic N) is 3. The number of piperazine rings is 1. The van der Waals surface area contributed by atoms with Crippen molar-refractivity contribution in [3.05, 3.63) is 82.4 Å². The number of aliphatic hydroxyl groups is 1. The van der Waals surface area contributed by atoms with Crippen LogP contribution in [-0.2, 0) is 11.3 Å². The maximum Gasteiger partial charge on any atom is 0.261 e. The zero-order chi connectivity index (χ0) is 25.1. The van der Waals surface area contributed by atoms with E-state index in [-0.39, 0.29) is 43.2 Å². The van der Waals surface area contributed by atoms with Crippen molar-refractivity contribution < 1.29 is 19.4 Å². The first-order chi connectivity index (χ1) is 17.5. The summed E-state index contributed by atoms with van der Waals surface area (Å²) in [4.78, 5) is 32.0. The summed E-state index contributed by atoms with van der Waals surface area (Å²) >= 11 is 5.90. The number of carbonyl (C=O) groups excluding carboxylic acids is 2. The first-order valence-corrected chi connectivity index (χ1v) is 12.7. The molecule has 0 saturated carbocycles. The van der Waals surface area contributed by atoms with Crippen molar-refractivity contribution in [2.24, 2.45) is 0 Å². The Morgan fingerprint density at radius 2 is 1.39 bits per heavy atom. The van der Waals surface area contributed by atoms with E-state index in [1.54, 1.807) is 12.1 Å². The summed E-state index contributed by atoms with van der Waals surface area (Å²) in [7, 11) is 0. The second-order valence-electron chi connectivity index (χ2n) is 9.41. The highest BCUT2D eigenvalue weighted by Crippen LogP contribution is 2.29. The van der Waals surface area contributed by atoms with Gasteiger partial charge in [0.2, 0.25) is 0 Å². The standard InChI is InChI=1S/C28H30ClN3O4.2ClH/c29-22-9-7-20(8-10-22)18-36-19-23(33)17-31-13-11-30(12-14-31)15-16-32-27(34)24-5-1-3-21-4-2-6-25(26(21)24)28(32)35;;/h1-10,23,33H,11-19H2;2*1H. The SMILES string of the molecule is Cl.Cl.O=C1c2cccc3cccc(c23)C(=O)N1CCN1CCN(CC(O)COCc2ccc(Cl)cc2)CC1. The Balaban J connectivity index is 0.00000200. The highest BCUT2D eigenvalue weighted by molar-refractivity contribution is 6.30. The van der Waals surface area contributed by atoms with Crippen molar-refractivity contribution in [1.29, 1.82) is 0 Å². The van der Waals surface area contributed by atoms with Gasteiger partial charge in [-0.25, -0.2) is 0 Å². The van der Waals surface area contributed by atoms with Gasteiger partial charge in [-0.3, -0.25) is 24.3 Å². The lowest BCUT2D eigenvalue weighted by Gasteiger charge is -2.36. The third kappa shape index (κ3) is 6.85. The Hall–Kier alpha value is -2.23. The number of aliphatic hydroxyl groups excluding tert-OH is 1. The van der Waals surface area contributed by atoms with Crippen LogP contribution < -0.4 is 0 Å². The van der Waals surface area contributed by atoms with Gasteiger partial charge in [0.25, 0.3) is 11.8 Å². The number of rotatable bonds is 9. The number of imide groups is 1. The molecule has 38 heavy (non-hydrogen) atoms. The van der Waals surface area contributed by atoms with Crippen LogP contribution in [0.25, 0.3) is 10.8 Å². The Labute approximate surface area is 240 Å². The Morgan fingerprint density at radius 3 is 2.00 bits per heavy atom. The zero-order valence-electron chi connectivity index (χ0n) is 20.9. The molecule has 1 N–H and O–H groups in total. The number of ether oxygens (including phenoxy) is 1. The number of carbonyl (C=O) groups is 2. The second-order valence-corrected chi connectivity index (χ2v) is 9.85. The fraction of sp³-hybridized carbons (Fsp3) is 0.357. The van der Waals surface area contributed by atoms with Gasteiger partial charge in [-0.1, -0.05) is 48.0 Å². The average Bonchev–Trinajstić information content (AvgIpc) is 2.89. The zero-order valence-corrected chi connectivity index (χ0v) is 23.3. The number of benzene rings is 3. The Bertz CT molecular complexity index is 1200. The fourth-order valence-corrected chi connectivity index (χ4v) is 5.09. The van der Waals surface area contributed by atoms with Gasteiger partial charge in [0.05, 0.1) is 19.3 Å². The van der Waals surface area contributed by atoms with E-state index in [2.05, 4.69) is 9.80 Å². The lowest BCUT2D eigenvalue weighted by Crippen LogP contribution is -2.51. The molecule has 3 aromatic carbocycles. The molecule has 204 valence electrons. The van der Waals surface area contributed by atoms with E-state index < -0.39 is 6.10 Å². The third-order valence-electron chi connectivity index (χ3n) is 6.92. The topological polar surface area (TPSA) is 73.3 Å². The number of hydrogen-bond donors (Lipinski definition) is 1. The molecule has 2 heterocycles. The highest BCUT2D eigenvalue weighted by Gasteiger charge is 2.33. The lowest BCUT2D eigenvalue weighted by atomic mass is 9.94. The van der Waals surface area contributed by atoms with Gasteiger partial charge in [0.15, 0.2) is 0 Å². The van der Waals surface area contributed by atoms with E-state index in [1.807, 2.05) is 48.5 Å². The maximum atomic E-state index is 13.1. The Morgan fingerprint density at radius 1 is 0.816 bits per heavy atom. The van der Waals surface area contributed by atoms with Gasteiger partial charge in [-0.2, -0.15) is 0 Å². The molecule has 0 aliphatic carbocycles. The fourth-order valence-electron chi connectivity index (χ4n) is 4.96. The van der Waals surface area contributed by atoms with Crippen LogP contribution in [0.3, 0.4) is 0 Å². The summed E-state index contributed by atoms with van der Waals surface area (Å²) < 4.78 is 5.66. The molecule has 10 heteroatoms. The van der Waals surface area contributed by atoms with Gasteiger partial charge in [-0.05, 0) is 35.2 Å². The minimum absolute atomic E-state index is 0. The predicted molar refractivity (Wildman–Crippen MR) is 154 cm³/mol. The maximum absolute atomic E-state index is 13.1. The van der Waals surface area contributed by atoms with Crippen LogP contribution in [-0.4, -0.2) is 90.1 Å². The van der Waals surface area contributed by atoms with Gasteiger partial charge >= 0.3 is 0 Å². The number of β-amino-alcohol motifs (C(OH)–C–C–N with tert-alkyl or cyclic N) is 1. The van der Waals surface area contributed by atoms with Crippen LogP contribution in [0.1, 0.15) is 26.3 Å². The smallest absolute Gasteiger partial charge is 0.261 e. The van der Waals surface area contributed by atoms with E-state index in [9.17, 15) is 14.7 Å². The number of amides is 2. The molecule has 1 fully saturated rings. The summed E-state index contributed by atoms with van der Waals surface area (Å²) in [6.45, 7) is 5.54. The van der Waals surface area contributed by atoms with Crippen LogP contribution in [0.15, 0.2) is 60.7 Å². The van der Waals surface area contributed by atoms with E-state index >= 15 is 0 Å². The van der Waals surface area contributed by atoms with E-state index in [4.69, 9.17) is 16.3 Å². The summed E-state index contributed by atoms with van der Waals surface area (Å²) in [6.07, 6.45) is -0.560. The van der Waals surface area contributed by atoms with Crippen molar-refractivity contribution in [2.45, 2.75) is 12.7 Å². The molecule has 3 aromatic rings. The van der Waals surface area contributed by atoms with Crippen LogP contribution in [0.5, 0.6) is 0 Å². The first kappa shape index (κ1) is 30.3. The molecule has 1 saturated heterocycles. The molecule has 2 aliphatic heterocycles. The summed E-state index contributed by atoms with van der Waals surface area (Å²) in [5.41, 5.74) is 2.21. The minimum atomic E-state index is -0.560. The number of halogens is 3. The highest BCUT2D eigenvalue weighted by atomic mass is 35.5. The predicted octanol–water partition coefficient (Wildman–Crippen LogP) is 4.13. The molecule has 5 rings (SSSR count). The molecule has 7 nitrogen and oxygen atoms in total. The minimum Gasteiger partial charge on any atom is -0.389 e.